The molecule has 3 rings (SSSR count). The molecule has 0 saturated heterocycles. The lowest BCUT2D eigenvalue weighted by Gasteiger charge is -2.17. The van der Waals surface area contributed by atoms with Gasteiger partial charge in [-0.1, -0.05) is 77.7 Å². The van der Waals surface area contributed by atoms with E-state index in [1.807, 2.05) is 0 Å². The van der Waals surface area contributed by atoms with E-state index in [1.165, 1.54) is 29.3 Å². The molecule has 0 aromatic heterocycles. The lowest BCUT2D eigenvalue weighted by Crippen LogP contribution is -2.40. The van der Waals surface area contributed by atoms with Crippen molar-refractivity contribution in [2.24, 2.45) is 0 Å². The molecule has 1 aliphatic carbocycles. The molecule has 0 unspecified atom stereocenters. The van der Waals surface area contributed by atoms with Gasteiger partial charge in [0.25, 0.3) is 0 Å². The molecular weight excluding hydrogens is 279 g/mol. The molecule has 1 aliphatic rings. The standard InChI is InChI=1S/C21H23BO/c1-23-21-15-9-8-10-18(21)16-17-22(19-11-4-2-5-12-19)20-13-6-3-7-14-20/h2-7,11-14,16-17H,8-10,15H2,1H3/b17-16+. The highest BCUT2D eigenvalue weighted by Gasteiger charge is 2.17. The maximum Gasteiger partial charge on any atom is 0.233 e. The van der Waals surface area contributed by atoms with Crippen LogP contribution >= 0.6 is 0 Å². The lowest BCUT2D eigenvalue weighted by atomic mass is 9.40. The fraction of sp³-hybridized carbons (Fsp3) is 0.238. The first-order valence-corrected chi connectivity index (χ1v) is 8.42. The van der Waals surface area contributed by atoms with E-state index < -0.39 is 0 Å². The van der Waals surface area contributed by atoms with Crippen molar-refractivity contribution in [2.75, 3.05) is 7.11 Å². The second-order valence-electron chi connectivity index (χ2n) is 6.02. The van der Waals surface area contributed by atoms with Crippen LogP contribution in [0.4, 0.5) is 0 Å². The van der Waals surface area contributed by atoms with Gasteiger partial charge in [-0.3, -0.25) is 0 Å². The summed E-state index contributed by atoms with van der Waals surface area (Å²) < 4.78 is 5.58. The molecule has 0 aliphatic heterocycles. The number of rotatable bonds is 5. The number of hydrogen-bond donors (Lipinski definition) is 0. The summed E-state index contributed by atoms with van der Waals surface area (Å²) in [5, 5.41) is 0. The molecule has 0 spiro atoms. The zero-order chi connectivity index (χ0) is 15.9. The first-order valence-electron chi connectivity index (χ1n) is 8.42. The molecular formula is C21H23BO. The fourth-order valence-electron chi connectivity index (χ4n) is 3.26. The van der Waals surface area contributed by atoms with Crippen LogP contribution in [0.2, 0.25) is 0 Å². The highest BCUT2D eigenvalue weighted by Crippen LogP contribution is 2.25. The van der Waals surface area contributed by atoms with Gasteiger partial charge in [0.05, 0.1) is 12.9 Å². The molecule has 0 heterocycles. The Morgan fingerprint density at radius 3 is 1.96 bits per heavy atom. The second kappa shape index (κ2) is 7.87. The van der Waals surface area contributed by atoms with Crippen LogP contribution in [-0.2, 0) is 4.74 Å². The maximum atomic E-state index is 5.58. The van der Waals surface area contributed by atoms with E-state index in [1.54, 1.807) is 7.11 Å². The Morgan fingerprint density at radius 2 is 1.39 bits per heavy atom. The van der Waals surface area contributed by atoms with E-state index in [0.29, 0.717) is 0 Å². The van der Waals surface area contributed by atoms with Crippen molar-refractivity contribution in [1.29, 1.82) is 0 Å². The van der Waals surface area contributed by atoms with Crippen molar-refractivity contribution in [2.45, 2.75) is 25.7 Å². The van der Waals surface area contributed by atoms with E-state index in [9.17, 15) is 0 Å². The van der Waals surface area contributed by atoms with E-state index in [-0.39, 0.29) is 6.71 Å². The summed E-state index contributed by atoms with van der Waals surface area (Å²) in [4.78, 5) is 0. The number of methoxy groups -OCH3 is 1. The third kappa shape index (κ3) is 3.95. The van der Waals surface area contributed by atoms with Crippen LogP contribution < -0.4 is 10.9 Å². The largest absolute Gasteiger partial charge is 0.501 e. The molecule has 0 fully saturated rings. The minimum Gasteiger partial charge on any atom is -0.501 e. The summed E-state index contributed by atoms with van der Waals surface area (Å²) in [5.74, 6) is 3.48. The number of ether oxygens (including phenoxy) is 1. The second-order valence-corrected chi connectivity index (χ2v) is 6.02. The molecule has 0 N–H and O–H groups in total. The van der Waals surface area contributed by atoms with Crippen LogP contribution in [0.1, 0.15) is 25.7 Å². The van der Waals surface area contributed by atoms with Gasteiger partial charge in [0.1, 0.15) is 0 Å². The minimum atomic E-state index is 0.282. The molecule has 0 saturated carbocycles. The first kappa shape index (κ1) is 15.7. The monoisotopic (exact) mass is 302 g/mol. The Hall–Kier alpha value is -2.22. The molecule has 0 radical (unpaired) electrons. The molecule has 2 aromatic rings. The summed E-state index contributed by atoms with van der Waals surface area (Å²) in [5.41, 5.74) is 4.01. The van der Waals surface area contributed by atoms with Crippen LogP contribution in [0.5, 0.6) is 0 Å². The highest BCUT2D eigenvalue weighted by atomic mass is 16.5. The minimum absolute atomic E-state index is 0.282. The first-order chi connectivity index (χ1) is 11.4. The number of benzene rings is 2. The van der Waals surface area contributed by atoms with Crippen molar-refractivity contribution in [3.05, 3.63) is 84.0 Å². The van der Waals surface area contributed by atoms with Crippen molar-refractivity contribution in [3.8, 4) is 0 Å². The molecule has 0 atom stereocenters. The SMILES string of the molecule is COC1=C(/C=C/B(c2ccccc2)c2ccccc2)CCCC1. The van der Waals surface area contributed by atoms with E-state index in [2.05, 4.69) is 72.7 Å². The lowest BCUT2D eigenvalue weighted by molar-refractivity contribution is 0.262. The zero-order valence-electron chi connectivity index (χ0n) is 13.7. The molecule has 1 nitrogen and oxygen atoms in total. The smallest absolute Gasteiger partial charge is 0.233 e. The number of hydrogen-bond acceptors (Lipinski definition) is 1. The average molecular weight is 302 g/mol. The number of allylic oxidation sites excluding steroid dienone is 3. The molecule has 116 valence electrons. The van der Waals surface area contributed by atoms with Gasteiger partial charge >= 0.3 is 0 Å². The van der Waals surface area contributed by atoms with Gasteiger partial charge in [-0.15, -0.1) is 5.98 Å². The zero-order valence-corrected chi connectivity index (χ0v) is 13.7. The molecule has 2 aromatic carbocycles. The average Bonchev–Trinajstić information content (AvgIpc) is 2.64. The summed E-state index contributed by atoms with van der Waals surface area (Å²) in [6.07, 6.45) is 6.96. The molecule has 0 bridgehead atoms. The molecule has 2 heteroatoms. The third-order valence-electron chi connectivity index (χ3n) is 4.51. The van der Waals surface area contributed by atoms with Crippen molar-refractivity contribution in [1.82, 2.24) is 0 Å². The highest BCUT2D eigenvalue weighted by molar-refractivity contribution is 6.89. The summed E-state index contributed by atoms with van der Waals surface area (Å²) in [7, 11) is 1.79. The van der Waals surface area contributed by atoms with Gasteiger partial charge < -0.3 is 4.74 Å². The normalized spacial score (nSPS) is 15.0. The topological polar surface area (TPSA) is 9.23 Å². The maximum absolute atomic E-state index is 5.58. The van der Waals surface area contributed by atoms with Gasteiger partial charge in [-0.2, -0.15) is 0 Å². The van der Waals surface area contributed by atoms with Crippen LogP contribution in [0.25, 0.3) is 0 Å². The predicted molar refractivity (Wildman–Crippen MR) is 99.5 cm³/mol. The van der Waals surface area contributed by atoms with E-state index >= 15 is 0 Å². The van der Waals surface area contributed by atoms with Crippen LogP contribution in [0.3, 0.4) is 0 Å². The van der Waals surface area contributed by atoms with E-state index in [0.717, 1.165) is 18.6 Å². The van der Waals surface area contributed by atoms with Crippen molar-refractivity contribution < 1.29 is 4.74 Å². The quantitative estimate of drug-likeness (QED) is 0.762. The van der Waals surface area contributed by atoms with Crippen molar-refractivity contribution in [3.63, 3.8) is 0 Å². The Morgan fingerprint density at radius 1 is 0.826 bits per heavy atom. The Labute approximate surface area is 139 Å². The van der Waals surface area contributed by atoms with E-state index in [4.69, 9.17) is 4.74 Å². The Balaban J connectivity index is 1.93. The van der Waals surface area contributed by atoms with Crippen LogP contribution in [0, 0.1) is 0 Å². The molecule has 23 heavy (non-hydrogen) atoms. The third-order valence-corrected chi connectivity index (χ3v) is 4.51. The van der Waals surface area contributed by atoms with Gasteiger partial charge in [0.2, 0.25) is 6.71 Å². The Kier molecular flexibility index (Phi) is 5.36. The van der Waals surface area contributed by atoms with Crippen LogP contribution in [0.15, 0.2) is 84.0 Å². The summed E-state index contributed by atoms with van der Waals surface area (Å²) in [6, 6.07) is 21.4. The summed E-state index contributed by atoms with van der Waals surface area (Å²) >= 11 is 0. The van der Waals surface area contributed by atoms with Gasteiger partial charge in [-0.25, -0.2) is 0 Å². The van der Waals surface area contributed by atoms with Gasteiger partial charge in [0, 0.05) is 6.42 Å². The molecule has 0 amide bonds. The fourth-order valence-corrected chi connectivity index (χ4v) is 3.26. The van der Waals surface area contributed by atoms with Gasteiger partial charge in [0.15, 0.2) is 0 Å². The Bertz CT molecular complexity index is 634. The summed E-state index contributed by atoms with van der Waals surface area (Å²) in [6.45, 7) is 0.282. The van der Waals surface area contributed by atoms with Gasteiger partial charge in [-0.05, 0) is 24.8 Å². The predicted octanol–water partition coefficient (Wildman–Crippen LogP) is 3.87. The van der Waals surface area contributed by atoms with Crippen LogP contribution in [-0.4, -0.2) is 13.8 Å². The van der Waals surface area contributed by atoms with Crippen molar-refractivity contribution >= 4 is 17.6 Å².